The summed E-state index contributed by atoms with van der Waals surface area (Å²) < 4.78 is 1.83. The van der Waals surface area contributed by atoms with Gasteiger partial charge >= 0.3 is 6.03 Å². The number of hydrogen-bond acceptors (Lipinski definition) is 5. The molecular weight excluding hydrogens is 418 g/mol. The first-order chi connectivity index (χ1) is 16.0. The predicted octanol–water partition coefficient (Wildman–Crippen LogP) is 2.44. The van der Waals surface area contributed by atoms with Gasteiger partial charge in [0.1, 0.15) is 5.82 Å². The minimum absolute atomic E-state index is 0.0410. The van der Waals surface area contributed by atoms with Gasteiger partial charge in [-0.25, -0.2) is 14.3 Å². The van der Waals surface area contributed by atoms with Crippen molar-refractivity contribution in [3.8, 4) is 11.3 Å². The van der Waals surface area contributed by atoms with Crippen molar-refractivity contribution in [1.82, 2.24) is 29.3 Å². The summed E-state index contributed by atoms with van der Waals surface area (Å²) in [6.45, 7) is 4.63. The fourth-order valence-corrected chi connectivity index (χ4v) is 4.53. The lowest BCUT2D eigenvalue weighted by atomic mass is 10.1. The van der Waals surface area contributed by atoms with Crippen LogP contribution in [0.4, 0.5) is 10.6 Å². The Bertz CT molecular complexity index is 1170. The maximum absolute atomic E-state index is 12.7. The first kappa shape index (κ1) is 21.2. The molecular formula is C24H29N7O2. The molecule has 9 nitrogen and oxygen atoms in total. The lowest BCUT2D eigenvalue weighted by Crippen LogP contribution is -2.52. The van der Waals surface area contributed by atoms with Gasteiger partial charge in [-0.15, -0.1) is 5.10 Å². The molecule has 0 radical (unpaired) electrons. The molecule has 5 rings (SSSR count). The predicted molar refractivity (Wildman–Crippen MR) is 126 cm³/mol. The number of carbonyl (C=O) groups is 2. The zero-order valence-electron chi connectivity index (χ0n) is 19.1. The molecule has 0 aliphatic carbocycles. The number of nitrogens with zero attached hydrogens (tertiary/aromatic N) is 7. The number of hydrogen-bond donors (Lipinski definition) is 0. The fourth-order valence-electron chi connectivity index (χ4n) is 4.53. The third-order valence-corrected chi connectivity index (χ3v) is 6.41. The molecule has 3 aromatic rings. The van der Waals surface area contributed by atoms with E-state index in [9.17, 15) is 9.59 Å². The van der Waals surface area contributed by atoms with Crippen LogP contribution in [0.2, 0.25) is 0 Å². The summed E-state index contributed by atoms with van der Waals surface area (Å²) in [4.78, 5) is 37.3. The molecule has 0 saturated carbocycles. The summed E-state index contributed by atoms with van der Waals surface area (Å²) in [6, 6.07) is 11.6. The molecule has 2 aliphatic rings. The molecule has 33 heavy (non-hydrogen) atoms. The molecule has 2 aromatic heterocycles. The van der Waals surface area contributed by atoms with Crippen LogP contribution in [-0.2, 0) is 0 Å². The largest absolute Gasteiger partial charge is 0.352 e. The van der Waals surface area contributed by atoms with E-state index in [1.54, 1.807) is 25.2 Å². The number of imidazole rings is 1. The number of benzene rings is 1. The molecule has 0 N–H and O–H groups in total. The summed E-state index contributed by atoms with van der Waals surface area (Å²) in [5, 5.41) is 4.86. The summed E-state index contributed by atoms with van der Waals surface area (Å²) >= 11 is 0. The smallest absolute Gasteiger partial charge is 0.320 e. The molecule has 3 amide bonds. The highest BCUT2D eigenvalue weighted by atomic mass is 16.2. The van der Waals surface area contributed by atoms with Crippen LogP contribution in [0.1, 0.15) is 23.2 Å². The first-order valence-electron chi connectivity index (χ1n) is 11.5. The fraction of sp³-hybridized carbons (Fsp3) is 0.417. The number of amides is 3. The Kier molecular flexibility index (Phi) is 5.62. The molecule has 9 heteroatoms. The van der Waals surface area contributed by atoms with E-state index in [0.717, 1.165) is 61.7 Å². The summed E-state index contributed by atoms with van der Waals surface area (Å²) in [6.07, 6.45) is 4.00. The molecule has 0 bridgehead atoms. The summed E-state index contributed by atoms with van der Waals surface area (Å²) in [5.74, 6) is 0.816. The number of anilines is 1. The molecule has 4 heterocycles. The maximum Gasteiger partial charge on any atom is 0.320 e. The normalized spacial score (nSPS) is 16.5. The zero-order chi connectivity index (χ0) is 22.9. The van der Waals surface area contributed by atoms with Crippen LogP contribution < -0.4 is 4.90 Å². The Morgan fingerprint density at radius 1 is 0.909 bits per heavy atom. The van der Waals surface area contributed by atoms with Crippen LogP contribution in [0.5, 0.6) is 0 Å². The number of carbonyl (C=O) groups excluding carboxylic acids is 2. The molecule has 2 saturated heterocycles. The van der Waals surface area contributed by atoms with Crippen LogP contribution in [0.3, 0.4) is 0 Å². The second kappa shape index (κ2) is 8.73. The van der Waals surface area contributed by atoms with Gasteiger partial charge in [-0.1, -0.05) is 12.1 Å². The number of likely N-dealkylation sites (tertiary alicyclic amines) is 1. The van der Waals surface area contributed by atoms with Crippen LogP contribution in [0.25, 0.3) is 16.9 Å². The summed E-state index contributed by atoms with van der Waals surface area (Å²) in [5.41, 5.74) is 3.10. The highest BCUT2D eigenvalue weighted by molar-refractivity contribution is 5.95. The van der Waals surface area contributed by atoms with E-state index in [4.69, 9.17) is 5.10 Å². The van der Waals surface area contributed by atoms with E-state index in [-0.39, 0.29) is 11.9 Å². The van der Waals surface area contributed by atoms with E-state index in [2.05, 4.69) is 9.88 Å². The third kappa shape index (κ3) is 4.10. The van der Waals surface area contributed by atoms with Crippen molar-refractivity contribution in [2.75, 3.05) is 58.3 Å². The van der Waals surface area contributed by atoms with Crippen LogP contribution in [-0.4, -0.2) is 94.6 Å². The molecule has 172 valence electrons. The van der Waals surface area contributed by atoms with Gasteiger partial charge in [0.05, 0.1) is 11.9 Å². The van der Waals surface area contributed by atoms with Crippen LogP contribution in [0, 0.1) is 0 Å². The number of rotatable bonds is 3. The molecule has 1 aromatic carbocycles. The van der Waals surface area contributed by atoms with E-state index in [0.29, 0.717) is 18.7 Å². The standard InChI is InChI=1S/C24H29N7O2/c1-27(2)23(32)19-7-5-6-18(16-19)20-17-25-21-8-9-22(26-31(20)21)28-12-14-30(15-13-28)24(33)29-10-3-4-11-29/h5-9,16-17H,3-4,10-15H2,1-2H3. The van der Waals surface area contributed by atoms with E-state index < -0.39 is 0 Å². The molecule has 0 atom stereocenters. The van der Waals surface area contributed by atoms with E-state index in [1.807, 2.05) is 50.7 Å². The molecule has 2 aliphatic heterocycles. The number of urea groups is 1. The lowest BCUT2D eigenvalue weighted by Gasteiger charge is -2.37. The lowest BCUT2D eigenvalue weighted by molar-refractivity contribution is 0.0827. The Balaban J connectivity index is 1.36. The van der Waals surface area contributed by atoms with Crippen molar-refractivity contribution >= 4 is 23.4 Å². The second-order valence-electron chi connectivity index (χ2n) is 8.84. The average molecular weight is 448 g/mol. The topological polar surface area (TPSA) is 77.3 Å². The van der Waals surface area contributed by atoms with Crippen molar-refractivity contribution < 1.29 is 9.59 Å². The van der Waals surface area contributed by atoms with Gasteiger partial charge in [0.15, 0.2) is 5.65 Å². The van der Waals surface area contributed by atoms with Gasteiger partial charge in [-0.3, -0.25) is 4.79 Å². The van der Waals surface area contributed by atoms with Gasteiger partial charge in [0.25, 0.3) is 5.91 Å². The SMILES string of the molecule is CN(C)C(=O)c1cccc(-c2cnc3ccc(N4CCN(C(=O)N5CCCC5)CC4)nn23)c1. The number of aromatic nitrogens is 3. The maximum atomic E-state index is 12.7. The second-order valence-corrected chi connectivity index (χ2v) is 8.84. The average Bonchev–Trinajstić information content (AvgIpc) is 3.53. The van der Waals surface area contributed by atoms with Crippen molar-refractivity contribution in [3.63, 3.8) is 0 Å². The molecule has 0 spiro atoms. The minimum Gasteiger partial charge on any atom is -0.352 e. The monoisotopic (exact) mass is 447 g/mol. The summed E-state index contributed by atoms with van der Waals surface area (Å²) in [7, 11) is 3.49. The van der Waals surface area contributed by atoms with E-state index >= 15 is 0 Å². The van der Waals surface area contributed by atoms with Gasteiger partial charge in [0.2, 0.25) is 0 Å². The minimum atomic E-state index is -0.0410. The van der Waals surface area contributed by atoms with Crippen molar-refractivity contribution in [2.45, 2.75) is 12.8 Å². The Morgan fingerprint density at radius 2 is 1.64 bits per heavy atom. The van der Waals surface area contributed by atoms with Gasteiger partial charge < -0.3 is 19.6 Å². The van der Waals surface area contributed by atoms with Gasteiger partial charge in [0, 0.05) is 64.5 Å². The van der Waals surface area contributed by atoms with Gasteiger partial charge in [-0.2, -0.15) is 0 Å². The third-order valence-electron chi connectivity index (χ3n) is 6.41. The molecule has 2 fully saturated rings. The quantitative estimate of drug-likeness (QED) is 0.616. The van der Waals surface area contributed by atoms with Crippen molar-refractivity contribution in [2.24, 2.45) is 0 Å². The first-order valence-corrected chi connectivity index (χ1v) is 11.5. The van der Waals surface area contributed by atoms with Gasteiger partial charge in [-0.05, 0) is 37.1 Å². The Hall–Kier alpha value is -3.62. The van der Waals surface area contributed by atoms with Crippen molar-refractivity contribution in [1.29, 1.82) is 0 Å². The highest BCUT2D eigenvalue weighted by Crippen LogP contribution is 2.24. The number of fused-ring (bicyclic) bond motifs is 1. The van der Waals surface area contributed by atoms with Crippen LogP contribution in [0.15, 0.2) is 42.6 Å². The number of piperazine rings is 1. The Morgan fingerprint density at radius 3 is 2.36 bits per heavy atom. The highest BCUT2D eigenvalue weighted by Gasteiger charge is 2.27. The van der Waals surface area contributed by atoms with E-state index in [1.165, 1.54) is 0 Å². The van der Waals surface area contributed by atoms with Crippen LogP contribution >= 0.6 is 0 Å². The Labute approximate surface area is 193 Å². The molecule has 0 unspecified atom stereocenters. The zero-order valence-corrected chi connectivity index (χ0v) is 19.1. The van der Waals surface area contributed by atoms with Crippen molar-refractivity contribution in [3.05, 3.63) is 48.2 Å².